The summed E-state index contributed by atoms with van der Waals surface area (Å²) < 4.78 is 3.77. The van der Waals surface area contributed by atoms with E-state index in [0.29, 0.717) is 5.56 Å². The number of thiazole rings is 1. The summed E-state index contributed by atoms with van der Waals surface area (Å²) in [6.07, 6.45) is 5.50. The van der Waals surface area contributed by atoms with E-state index in [0.717, 1.165) is 27.7 Å². The molecule has 0 radical (unpaired) electrons. The van der Waals surface area contributed by atoms with E-state index in [9.17, 15) is 4.79 Å². The summed E-state index contributed by atoms with van der Waals surface area (Å²) in [4.78, 5) is 19.2. The molecule has 0 aliphatic heterocycles. The smallest absolute Gasteiger partial charge is 0.194 e. The van der Waals surface area contributed by atoms with Crippen LogP contribution >= 0.6 is 11.3 Å². The summed E-state index contributed by atoms with van der Waals surface area (Å²) >= 11 is 1.65. The first kappa shape index (κ1) is 14.7. The Bertz CT molecular complexity index is 911. The van der Waals surface area contributed by atoms with Gasteiger partial charge in [0.1, 0.15) is 0 Å². The first-order chi connectivity index (χ1) is 10.4. The van der Waals surface area contributed by atoms with Gasteiger partial charge in [0.2, 0.25) is 0 Å². The van der Waals surface area contributed by atoms with Gasteiger partial charge in [0.05, 0.1) is 22.6 Å². The van der Waals surface area contributed by atoms with Crippen molar-refractivity contribution in [2.75, 3.05) is 0 Å². The van der Waals surface area contributed by atoms with Gasteiger partial charge in [-0.2, -0.15) is 5.10 Å². The van der Waals surface area contributed by atoms with Crippen LogP contribution in [0.3, 0.4) is 0 Å². The zero-order valence-corrected chi connectivity index (χ0v) is 14.2. The lowest BCUT2D eigenvalue weighted by atomic mass is 10.1. The van der Waals surface area contributed by atoms with Gasteiger partial charge < -0.3 is 0 Å². The minimum Gasteiger partial charge on any atom is -0.290 e. The molecule has 0 aliphatic rings. The fourth-order valence-corrected chi connectivity index (χ4v) is 3.53. The lowest BCUT2D eigenvalue weighted by Gasteiger charge is -1.97. The fourth-order valence-electron chi connectivity index (χ4n) is 2.65. The predicted octanol–water partition coefficient (Wildman–Crippen LogP) is 3.26. The van der Waals surface area contributed by atoms with Crippen LogP contribution in [-0.4, -0.2) is 24.9 Å². The summed E-state index contributed by atoms with van der Waals surface area (Å²) in [7, 11) is 1.85. The third-order valence-corrected chi connectivity index (χ3v) is 4.71. The molecule has 0 amide bonds. The number of carbonyl (C=O) groups is 1. The molecule has 0 saturated heterocycles. The molecule has 0 saturated carbocycles. The molecule has 5 nitrogen and oxygen atoms in total. The first-order valence-corrected chi connectivity index (χ1v) is 7.88. The highest BCUT2D eigenvalue weighted by atomic mass is 32.1. The molecule has 0 aliphatic carbocycles. The number of imidazole rings is 1. The number of ketones is 1. The Balaban J connectivity index is 1.99. The van der Waals surface area contributed by atoms with Crippen LogP contribution in [0.2, 0.25) is 0 Å². The van der Waals surface area contributed by atoms with Crippen molar-refractivity contribution in [3.63, 3.8) is 0 Å². The van der Waals surface area contributed by atoms with Crippen LogP contribution in [0.4, 0.5) is 0 Å². The molecule has 0 fully saturated rings. The van der Waals surface area contributed by atoms with Gasteiger partial charge in [-0.25, -0.2) is 4.98 Å². The number of carbonyl (C=O) groups excluding carboxylic acids is 1. The molecule has 0 unspecified atom stereocenters. The van der Waals surface area contributed by atoms with E-state index in [2.05, 4.69) is 17.0 Å². The Kier molecular flexibility index (Phi) is 3.48. The maximum absolute atomic E-state index is 12.5. The Morgan fingerprint density at radius 3 is 2.59 bits per heavy atom. The van der Waals surface area contributed by atoms with Crippen LogP contribution < -0.4 is 0 Å². The van der Waals surface area contributed by atoms with Crippen molar-refractivity contribution in [1.82, 2.24) is 19.2 Å². The van der Waals surface area contributed by atoms with Crippen molar-refractivity contribution >= 4 is 28.2 Å². The maximum atomic E-state index is 12.5. The number of aromatic nitrogens is 4. The van der Waals surface area contributed by atoms with Crippen molar-refractivity contribution in [3.8, 4) is 0 Å². The van der Waals surface area contributed by atoms with Crippen LogP contribution in [0.15, 0.2) is 12.3 Å². The summed E-state index contributed by atoms with van der Waals surface area (Å²) in [5, 5.41) is 4.29. The average Bonchev–Trinajstić information content (AvgIpc) is 2.99. The minimum atomic E-state index is -0.0237. The zero-order valence-electron chi connectivity index (χ0n) is 13.3. The molecule has 3 aromatic rings. The maximum Gasteiger partial charge on any atom is 0.194 e. The molecule has 0 spiro atoms. The number of fused-ring (bicyclic) bond motifs is 1. The average molecular weight is 314 g/mol. The van der Waals surface area contributed by atoms with E-state index in [-0.39, 0.29) is 5.78 Å². The van der Waals surface area contributed by atoms with E-state index in [1.54, 1.807) is 22.1 Å². The highest BCUT2D eigenvalue weighted by Crippen LogP contribution is 2.22. The molecular formula is C16H18N4OS. The number of rotatable bonds is 3. The van der Waals surface area contributed by atoms with Crippen molar-refractivity contribution in [1.29, 1.82) is 0 Å². The largest absolute Gasteiger partial charge is 0.290 e. The quantitative estimate of drug-likeness (QED) is 0.551. The van der Waals surface area contributed by atoms with Crippen molar-refractivity contribution < 1.29 is 4.79 Å². The number of aryl methyl sites for hydroxylation is 4. The van der Waals surface area contributed by atoms with Crippen LogP contribution in [0.1, 0.15) is 38.0 Å². The highest BCUT2D eigenvalue weighted by molar-refractivity contribution is 7.17. The molecule has 0 N–H and O–H groups in total. The molecule has 0 atom stereocenters. The van der Waals surface area contributed by atoms with Crippen LogP contribution in [0.5, 0.6) is 0 Å². The second kappa shape index (κ2) is 5.21. The molecule has 0 aromatic carbocycles. The molecule has 22 heavy (non-hydrogen) atoms. The number of hydrogen-bond acceptors (Lipinski definition) is 4. The van der Waals surface area contributed by atoms with E-state index >= 15 is 0 Å². The number of nitrogens with zero attached hydrogens (tertiary/aromatic N) is 4. The van der Waals surface area contributed by atoms with Crippen LogP contribution in [0.25, 0.3) is 11.0 Å². The van der Waals surface area contributed by atoms with Gasteiger partial charge in [0.15, 0.2) is 10.7 Å². The molecule has 6 heteroatoms. The van der Waals surface area contributed by atoms with Crippen LogP contribution in [-0.2, 0) is 7.05 Å². The monoisotopic (exact) mass is 314 g/mol. The first-order valence-electron chi connectivity index (χ1n) is 7.06. The SMILES string of the molecule is Cc1cn2c(C=CC(=O)c3c(C)nn(C)c3C)c(C)nc2s1. The van der Waals surface area contributed by atoms with Crippen molar-refractivity contribution in [3.05, 3.63) is 45.5 Å². The molecule has 3 rings (SSSR count). The normalized spacial score (nSPS) is 11.9. The summed E-state index contributed by atoms with van der Waals surface area (Å²) in [6, 6.07) is 0. The van der Waals surface area contributed by atoms with E-state index in [1.807, 2.05) is 44.5 Å². The Morgan fingerprint density at radius 1 is 1.23 bits per heavy atom. The standard InChI is InChI=1S/C16H18N4OS/c1-9-8-20-13(10(2)17-16(20)22-9)6-7-14(21)15-11(3)18-19(5)12(15)4/h6-8H,1-5H3. The van der Waals surface area contributed by atoms with E-state index < -0.39 is 0 Å². The lowest BCUT2D eigenvalue weighted by molar-refractivity contribution is 0.104. The van der Waals surface area contributed by atoms with Gasteiger partial charge >= 0.3 is 0 Å². The fraction of sp³-hybridized carbons (Fsp3) is 0.312. The van der Waals surface area contributed by atoms with Gasteiger partial charge in [-0.1, -0.05) is 0 Å². The molecule has 3 aromatic heterocycles. The number of allylic oxidation sites excluding steroid dienone is 1. The Morgan fingerprint density at radius 2 is 1.95 bits per heavy atom. The third-order valence-electron chi connectivity index (χ3n) is 3.81. The number of hydrogen-bond donors (Lipinski definition) is 0. The zero-order chi connectivity index (χ0) is 16.0. The summed E-state index contributed by atoms with van der Waals surface area (Å²) in [6.45, 7) is 7.78. The summed E-state index contributed by atoms with van der Waals surface area (Å²) in [5.41, 5.74) is 4.20. The second-order valence-corrected chi connectivity index (χ2v) is 6.66. The van der Waals surface area contributed by atoms with Crippen LogP contribution in [0, 0.1) is 27.7 Å². The topological polar surface area (TPSA) is 52.2 Å². The minimum absolute atomic E-state index is 0.0237. The van der Waals surface area contributed by atoms with Gasteiger partial charge in [-0.3, -0.25) is 13.9 Å². The van der Waals surface area contributed by atoms with Gasteiger partial charge in [0, 0.05) is 23.8 Å². The van der Waals surface area contributed by atoms with Crippen molar-refractivity contribution in [2.45, 2.75) is 27.7 Å². The van der Waals surface area contributed by atoms with Gasteiger partial charge in [-0.05, 0) is 39.8 Å². The molecule has 3 heterocycles. The van der Waals surface area contributed by atoms with E-state index in [1.165, 1.54) is 4.88 Å². The second-order valence-electron chi connectivity index (χ2n) is 5.44. The van der Waals surface area contributed by atoms with Crippen molar-refractivity contribution in [2.24, 2.45) is 7.05 Å². The molecular weight excluding hydrogens is 296 g/mol. The predicted molar refractivity (Wildman–Crippen MR) is 88.6 cm³/mol. The van der Waals surface area contributed by atoms with Gasteiger partial charge in [-0.15, -0.1) is 11.3 Å². The molecule has 0 bridgehead atoms. The lowest BCUT2D eigenvalue weighted by Crippen LogP contribution is -1.99. The van der Waals surface area contributed by atoms with E-state index in [4.69, 9.17) is 0 Å². The Labute approximate surface area is 132 Å². The highest BCUT2D eigenvalue weighted by Gasteiger charge is 2.15. The summed E-state index contributed by atoms with van der Waals surface area (Å²) in [5.74, 6) is -0.0237. The van der Waals surface area contributed by atoms with Gasteiger partial charge in [0.25, 0.3) is 0 Å². The third kappa shape index (κ3) is 2.29. The molecule has 114 valence electrons. The Hall–Kier alpha value is -2.21.